The largest absolute Gasteiger partial charge is 0.507 e. The molecule has 2 aromatic carbocycles. The van der Waals surface area contributed by atoms with Crippen molar-refractivity contribution >= 4 is 12.0 Å². The minimum absolute atomic E-state index is 0.178. The number of phenolic OH excluding ortho intramolecular Hbond substituents is 1. The second-order valence-electron chi connectivity index (χ2n) is 3.73. The maximum Gasteiger partial charge on any atom is 0.255 e. The van der Waals surface area contributed by atoms with E-state index in [1.54, 1.807) is 36.4 Å². The average Bonchev–Trinajstić information content (AvgIpc) is 2.42. The van der Waals surface area contributed by atoms with Crippen molar-refractivity contribution in [3.63, 3.8) is 0 Å². The van der Waals surface area contributed by atoms with E-state index in [4.69, 9.17) is 0 Å². The smallest absolute Gasteiger partial charge is 0.255 e. The molecule has 0 radical (unpaired) electrons. The number of para-hydroxylation sites is 1. The molecule has 0 heterocycles. The fraction of sp³-hybridized carbons (Fsp3) is 0. The predicted molar refractivity (Wildman–Crippen MR) is 71.0 cm³/mol. The van der Waals surface area contributed by atoms with Crippen molar-refractivity contribution in [3.05, 3.63) is 71.9 Å². The summed E-state index contributed by atoms with van der Waals surface area (Å²) in [6.45, 7) is 0. The molecule has 0 aromatic heterocycles. The maximum absolute atomic E-state index is 11.7. The number of rotatable bonds is 3. The second-order valence-corrected chi connectivity index (χ2v) is 3.73. The summed E-state index contributed by atoms with van der Waals surface area (Å²) in [5, 5.41) is 12.2. The third-order valence-corrected chi connectivity index (χ3v) is 2.45. The van der Waals surface area contributed by atoms with Gasteiger partial charge in [0.2, 0.25) is 0 Å². The van der Waals surface area contributed by atoms with Gasteiger partial charge in [-0.05, 0) is 24.3 Å². The molecule has 0 spiro atoms. The van der Waals surface area contributed by atoms with E-state index in [1.165, 1.54) is 6.20 Å². The lowest BCUT2D eigenvalue weighted by Gasteiger charge is -2.00. The molecule has 2 rings (SSSR count). The summed E-state index contributed by atoms with van der Waals surface area (Å²) < 4.78 is 0. The van der Waals surface area contributed by atoms with Crippen LogP contribution in [0.15, 0.2) is 60.8 Å². The molecule has 0 bridgehead atoms. The number of hydrogen-bond acceptors (Lipinski definition) is 2. The van der Waals surface area contributed by atoms with Gasteiger partial charge in [-0.3, -0.25) is 4.79 Å². The van der Waals surface area contributed by atoms with E-state index in [0.717, 1.165) is 0 Å². The first kappa shape index (κ1) is 11.9. The fourth-order valence-corrected chi connectivity index (χ4v) is 1.51. The van der Waals surface area contributed by atoms with Gasteiger partial charge in [0.15, 0.2) is 0 Å². The fourth-order valence-electron chi connectivity index (χ4n) is 1.51. The van der Waals surface area contributed by atoms with Gasteiger partial charge in [-0.25, -0.2) is 0 Å². The third-order valence-electron chi connectivity index (χ3n) is 2.45. The van der Waals surface area contributed by atoms with Crippen LogP contribution in [0.3, 0.4) is 0 Å². The first-order valence-electron chi connectivity index (χ1n) is 5.58. The highest BCUT2D eigenvalue weighted by atomic mass is 16.3. The van der Waals surface area contributed by atoms with Crippen molar-refractivity contribution in [2.75, 3.05) is 0 Å². The molecule has 0 atom stereocenters. The van der Waals surface area contributed by atoms with Crippen LogP contribution in [-0.4, -0.2) is 11.0 Å². The van der Waals surface area contributed by atoms with Gasteiger partial charge in [0.1, 0.15) is 5.75 Å². The molecule has 2 N–H and O–H groups in total. The van der Waals surface area contributed by atoms with Crippen LogP contribution >= 0.6 is 0 Å². The van der Waals surface area contributed by atoms with Gasteiger partial charge in [-0.15, -0.1) is 0 Å². The Bertz CT molecular complexity index is 562. The number of aromatic hydroxyl groups is 1. The number of carbonyl (C=O) groups is 1. The number of hydrogen-bond donors (Lipinski definition) is 2. The number of amides is 1. The minimum Gasteiger partial charge on any atom is -0.507 e. The van der Waals surface area contributed by atoms with E-state index >= 15 is 0 Å². The first-order valence-corrected chi connectivity index (χ1v) is 5.58. The number of phenols is 1. The molecular formula is C15H13NO2. The van der Waals surface area contributed by atoms with Crippen LogP contribution in [0, 0.1) is 0 Å². The molecule has 2 aromatic rings. The monoisotopic (exact) mass is 239 g/mol. The van der Waals surface area contributed by atoms with Crippen molar-refractivity contribution in [1.29, 1.82) is 0 Å². The summed E-state index contributed by atoms with van der Waals surface area (Å²) in [5.74, 6) is 0.00461. The molecule has 90 valence electrons. The van der Waals surface area contributed by atoms with E-state index in [-0.39, 0.29) is 11.7 Å². The molecule has 0 unspecified atom stereocenters. The topological polar surface area (TPSA) is 49.3 Å². The van der Waals surface area contributed by atoms with E-state index in [1.807, 2.05) is 24.3 Å². The lowest BCUT2D eigenvalue weighted by molar-refractivity contribution is 0.0970. The van der Waals surface area contributed by atoms with Crippen LogP contribution < -0.4 is 5.32 Å². The highest BCUT2D eigenvalue weighted by Gasteiger charge is 2.00. The summed E-state index contributed by atoms with van der Waals surface area (Å²) in [5.41, 5.74) is 1.25. The zero-order chi connectivity index (χ0) is 12.8. The Morgan fingerprint density at radius 3 is 2.39 bits per heavy atom. The number of carbonyl (C=O) groups excluding carboxylic acids is 1. The Morgan fingerprint density at radius 2 is 1.67 bits per heavy atom. The molecule has 0 saturated heterocycles. The number of nitrogens with one attached hydrogen (secondary N) is 1. The Labute approximate surface area is 105 Å². The molecular weight excluding hydrogens is 226 g/mol. The highest BCUT2D eigenvalue weighted by Crippen LogP contribution is 2.16. The first-order chi connectivity index (χ1) is 8.77. The van der Waals surface area contributed by atoms with Gasteiger partial charge < -0.3 is 10.4 Å². The lowest BCUT2D eigenvalue weighted by atomic mass is 10.2. The second kappa shape index (κ2) is 5.68. The van der Waals surface area contributed by atoms with Crippen LogP contribution in [-0.2, 0) is 0 Å². The molecule has 0 fully saturated rings. The van der Waals surface area contributed by atoms with Crippen LogP contribution in [0.5, 0.6) is 5.75 Å². The molecule has 0 aliphatic carbocycles. The van der Waals surface area contributed by atoms with E-state index < -0.39 is 0 Å². The standard InChI is InChI=1S/C15H13NO2/c17-14-9-5-4-6-12(14)10-11-16-15(18)13-7-2-1-3-8-13/h1-11,17H,(H,16,18)/b11-10+. The van der Waals surface area contributed by atoms with Gasteiger partial charge in [-0.1, -0.05) is 36.4 Å². The molecule has 3 heteroatoms. The van der Waals surface area contributed by atoms with Crippen molar-refractivity contribution in [1.82, 2.24) is 5.32 Å². The Morgan fingerprint density at radius 1 is 1.00 bits per heavy atom. The van der Waals surface area contributed by atoms with Gasteiger partial charge in [0, 0.05) is 17.3 Å². The quantitative estimate of drug-likeness (QED) is 0.865. The van der Waals surface area contributed by atoms with Crippen LogP contribution in [0.2, 0.25) is 0 Å². The van der Waals surface area contributed by atoms with Crippen molar-refractivity contribution in [2.45, 2.75) is 0 Å². The molecule has 3 nitrogen and oxygen atoms in total. The average molecular weight is 239 g/mol. The highest BCUT2D eigenvalue weighted by molar-refractivity contribution is 5.95. The normalized spacial score (nSPS) is 10.4. The van der Waals surface area contributed by atoms with E-state index in [0.29, 0.717) is 11.1 Å². The van der Waals surface area contributed by atoms with Gasteiger partial charge >= 0.3 is 0 Å². The van der Waals surface area contributed by atoms with Gasteiger partial charge in [-0.2, -0.15) is 0 Å². The summed E-state index contributed by atoms with van der Waals surface area (Å²) in [6, 6.07) is 15.9. The Hall–Kier alpha value is -2.55. The summed E-state index contributed by atoms with van der Waals surface area (Å²) in [6.07, 6.45) is 3.17. The van der Waals surface area contributed by atoms with Crippen molar-refractivity contribution in [3.8, 4) is 5.75 Å². The van der Waals surface area contributed by atoms with E-state index in [9.17, 15) is 9.90 Å². The van der Waals surface area contributed by atoms with Gasteiger partial charge in [0.25, 0.3) is 5.91 Å². The minimum atomic E-state index is -0.178. The number of benzene rings is 2. The van der Waals surface area contributed by atoms with Crippen LogP contribution in [0.1, 0.15) is 15.9 Å². The molecule has 0 aliphatic heterocycles. The zero-order valence-corrected chi connectivity index (χ0v) is 9.71. The van der Waals surface area contributed by atoms with Gasteiger partial charge in [0.05, 0.1) is 0 Å². The maximum atomic E-state index is 11.7. The molecule has 1 amide bonds. The van der Waals surface area contributed by atoms with Crippen molar-refractivity contribution < 1.29 is 9.90 Å². The molecule has 0 aliphatic rings. The van der Waals surface area contributed by atoms with Crippen molar-refractivity contribution in [2.24, 2.45) is 0 Å². The molecule has 0 saturated carbocycles. The predicted octanol–water partition coefficient (Wildman–Crippen LogP) is 2.79. The Kier molecular flexibility index (Phi) is 3.76. The summed E-state index contributed by atoms with van der Waals surface area (Å²) in [7, 11) is 0. The Balaban J connectivity index is 2.00. The van der Waals surface area contributed by atoms with Crippen LogP contribution in [0.25, 0.3) is 6.08 Å². The van der Waals surface area contributed by atoms with E-state index in [2.05, 4.69) is 5.32 Å². The third kappa shape index (κ3) is 2.98. The summed E-state index contributed by atoms with van der Waals surface area (Å²) >= 11 is 0. The molecule has 18 heavy (non-hydrogen) atoms. The summed E-state index contributed by atoms with van der Waals surface area (Å²) in [4.78, 5) is 11.7. The zero-order valence-electron chi connectivity index (χ0n) is 9.71. The lowest BCUT2D eigenvalue weighted by Crippen LogP contribution is -2.16. The SMILES string of the molecule is O=C(N/C=C/c1ccccc1O)c1ccccc1. The van der Waals surface area contributed by atoms with Crippen LogP contribution in [0.4, 0.5) is 0 Å².